The lowest BCUT2D eigenvalue weighted by molar-refractivity contribution is 0.628. The monoisotopic (exact) mass is 349 g/mol. The van der Waals surface area contributed by atoms with E-state index in [9.17, 15) is 9.18 Å². The molecule has 0 saturated heterocycles. The van der Waals surface area contributed by atoms with E-state index in [1.54, 1.807) is 50.8 Å². The standard InChI is InChI=1S/C19H16FN5O/c1-11-8-13(10-24(2)19(11)26)16-15(12-4-3-5-14(20)9-12)23-17(21)18-22-6-7-25(16)18/h3-10H,1-2H3,(H2,21,23). The van der Waals surface area contributed by atoms with Crippen LogP contribution in [0.1, 0.15) is 5.56 Å². The fourth-order valence-corrected chi connectivity index (χ4v) is 3.13. The molecule has 4 rings (SSSR count). The SMILES string of the molecule is Cc1cc(-c2c(-c3cccc(F)c3)nc(N)c3nccn23)cn(C)c1=O. The van der Waals surface area contributed by atoms with Crippen LogP contribution in [0.2, 0.25) is 0 Å². The van der Waals surface area contributed by atoms with Crippen LogP contribution < -0.4 is 11.3 Å². The summed E-state index contributed by atoms with van der Waals surface area (Å²) in [6, 6.07) is 7.96. The molecular formula is C19H16FN5O. The van der Waals surface area contributed by atoms with Crippen LogP contribution in [0, 0.1) is 12.7 Å². The number of nitrogen functional groups attached to an aromatic ring is 1. The molecule has 3 heterocycles. The van der Waals surface area contributed by atoms with Gasteiger partial charge in [-0.2, -0.15) is 0 Å². The van der Waals surface area contributed by atoms with Crippen molar-refractivity contribution in [3.63, 3.8) is 0 Å². The zero-order valence-electron chi connectivity index (χ0n) is 14.3. The van der Waals surface area contributed by atoms with Gasteiger partial charge in [-0.1, -0.05) is 12.1 Å². The second kappa shape index (κ2) is 5.80. The van der Waals surface area contributed by atoms with Gasteiger partial charge in [0.1, 0.15) is 5.82 Å². The Hall–Kier alpha value is -3.48. The van der Waals surface area contributed by atoms with Gasteiger partial charge in [-0.05, 0) is 25.1 Å². The van der Waals surface area contributed by atoms with Crippen molar-refractivity contribution in [2.45, 2.75) is 6.92 Å². The van der Waals surface area contributed by atoms with Crippen molar-refractivity contribution in [1.29, 1.82) is 0 Å². The lowest BCUT2D eigenvalue weighted by Crippen LogP contribution is -2.19. The van der Waals surface area contributed by atoms with E-state index in [1.807, 2.05) is 4.40 Å². The number of benzene rings is 1. The van der Waals surface area contributed by atoms with Crippen LogP contribution in [0.5, 0.6) is 0 Å². The van der Waals surface area contributed by atoms with Crippen LogP contribution in [0.4, 0.5) is 10.2 Å². The van der Waals surface area contributed by atoms with Crippen molar-refractivity contribution in [2.75, 3.05) is 5.73 Å². The van der Waals surface area contributed by atoms with Gasteiger partial charge in [0.05, 0.1) is 11.4 Å². The summed E-state index contributed by atoms with van der Waals surface area (Å²) in [4.78, 5) is 20.8. The van der Waals surface area contributed by atoms with Crippen LogP contribution in [0.25, 0.3) is 28.2 Å². The van der Waals surface area contributed by atoms with E-state index in [2.05, 4.69) is 9.97 Å². The predicted molar refractivity (Wildman–Crippen MR) is 98.2 cm³/mol. The van der Waals surface area contributed by atoms with Crippen LogP contribution in [0.3, 0.4) is 0 Å². The number of aromatic nitrogens is 4. The number of nitrogens with zero attached hydrogens (tertiary/aromatic N) is 4. The van der Waals surface area contributed by atoms with E-state index < -0.39 is 0 Å². The van der Waals surface area contributed by atoms with Crippen LogP contribution in [-0.4, -0.2) is 18.9 Å². The minimum absolute atomic E-state index is 0.0775. The van der Waals surface area contributed by atoms with E-state index >= 15 is 0 Å². The highest BCUT2D eigenvalue weighted by Crippen LogP contribution is 2.33. The number of hydrogen-bond donors (Lipinski definition) is 1. The molecule has 0 fully saturated rings. The molecule has 0 aliphatic carbocycles. The smallest absolute Gasteiger partial charge is 0.253 e. The van der Waals surface area contributed by atoms with Crippen molar-refractivity contribution < 1.29 is 4.39 Å². The van der Waals surface area contributed by atoms with Gasteiger partial charge in [-0.15, -0.1) is 0 Å². The molecule has 0 spiro atoms. The van der Waals surface area contributed by atoms with E-state index in [0.717, 1.165) is 5.56 Å². The summed E-state index contributed by atoms with van der Waals surface area (Å²) in [5, 5.41) is 0. The number of fused-ring (bicyclic) bond motifs is 1. The maximum Gasteiger partial charge on any atom is 0.253 e. The summed E-state index contributed by atoms with van der Waals surface area (Å²) in [5.74, 6) is -0.115. The second-order valence-corrected chi connectivity index (χ2v) is 6.15. The van der Waals surface area contributed by atoms with Crippen molar-refractivity contribution in [3.8, 4) is 22.5 Å². The van der Waals surface area contributed by atoms with Crippen LogP contribution in [0.15, 0.2) is 53.7 Å². The Morgan fingerprint density at radius 1 is 1.19 bits per heavy atom. The van der Waals surface area contributed by atoms with E-state index in [-0.39, 0.29) is 17.2 Å². The Morgan fingerprint density at radius 2 is 2.00 bits per heavy atom. The molecule has 1 aromatic carbocycles. The first-order chi connectivity index (χ1) is 12.5. The Labute approximate surface area is 148 Å². The Bertz CT molecular complexity index is 1180. The van der Waals surface area contributed by atoms with Gasteiger partial charge in [0.25, 0.3) is 5.56 Å². The van der Waals surface area contributed by atoms with Gasteiger partial charge < -0.3 is 10.3 Å². The normalized spacial score (nSPS) is 11.2. The third kappa shape index (κ3) is 2.45. The topological polar surface area (TPSA) is 78.2 Å². The summed E-state index contributed by atoms with van der Waals surface area (Å²) in [7, 11) is 1.69. The van der Waals surface area contributed by atoms with E-state index in [0.29, 0.717) is 28.2 Å². The van der Waals surface area contributed by atoms with Gasteiger partial charge in [0.15, 0.2) is 11.5 Å². The van der Waals surface area contributed by atoms with E-state index in [1.165, 1.54) is 16.7 Å². The molecular weight excluding hydrogens is 333 g/mol. The molecule has 0 aliphatic rings. The number of imidazole rings is 1. The average Bonchev–Trinajstić information content (AvgIpc) is 3.09. The molecule has 0 bridgehead atoms. The Kier molecular flexibility index (Phi) is 3.57. The number of nitrogens with two attached hydrogens (primary N) is 1. The average molecular weight is 349 g/mol. The fourth-order valence-electron chi connectivity index (χ4n) is 3.13. The molecule has 6 nitrogen and oxygen atoms in total. The molecule has 0 unspecified atom stereocenters. The van der Waals surface area contributed by atoms with Gasteiger partial charge in [0.2, 0.25) is 0 Å². The highest BCUT2D eigenvalue weighted by molar-refractivity contribution is 5.83. The van der Waals surface area contributed by atoms with Gasteiger partial charge >= 0.3 is 0 Å². The largest absolute Gasteiger partial charge is 0.381 e. The molecule has 4 aromatic rings. The third-order valence-electron chi connectivity index (χ3n) is 4.30. The van der Waals surface area contributed by atoms with Gasteiger partial charge in [0, 0.05) is 42.3 Å². The number of rotatable bonds is 2. The summed E-state index contributed by atoms with van der Waals surface area (Å²) in [5.41, 5.74) is 9.66. The van der Waals surface area contributed by atoms with Gasteiger partial charge in [-0.3, -0.25) is 9.20 Å². The molecule has 26 heavy (non-hydrogen) atoms. The van der Waals surface area contributed by atoms with Crippen molar-refractivity contribution in [1.82, 2.24) is 18.9 Å². The molecule has 130 valence electrons. The summed E-state index contributed by atoms with van der Waals surface area (Å²) in [6.07, 6.45) is 5.12. The first-order valence-electron chi connectivity index (χ1n) is 8.02. The van der Waals surface area contributed by atoms with E-state index in [4.69, 9.17) is 5.73 Å². The number of hydrogen-bond acceptors (Lipinski definition) is 4. The zero-order valence-corrected chi connectivity index (χ0v) is 14.3. The maximum atomic E-state index is 13.8. The highest BCUT2D eigenvalue weighted by atomic mass is 19.1. The molecule has 2 N–H and O–H groups in total. The molecule has 0 atom stereocenters. The first kappa shape index (κ1) is 16.0. The summed E-state index contributed by atoms with van der Waals surface area (Å²) >= 11 is 0. The van der Waals surface area contributed by atoms with Crippen molar-refractivity contribution in [2.24, 2.45) is 7.05 Å². The lowest BCUT2D eigenvalue weighted by Gasteiger charge is -2.15. The Morgan fingerprint density at radius 3 is 2.73 bits per heavy atom. The molecule has 7 heteroatoms. The molecule has 0 radical (unpaired) electrons. The predicted octanol–water partition coefficient (Wildman–Crippen LogP) is 2.79. The molecule has 0 amide bonds. The second-order valence-electron chi connectivity index (χ2n) is 6.15. The van der Waals surface area contributed by atoms with Crippen LogP contribution in [-0.2, 0) is 7.05 Å². The number of pyridine rings is 1. The summed E-state index contributed by atoms with van der Waals surface area (Å²) in [6.45, 7) is 1.75. The number of halogens is 1. The zero-order chi connectivity index (χ0) is 18.4. The maximum absolute atomic E-state index is 13.8. The molecule has 0 aliphatic heterocycles. The first-order valence-corrected chi connectivity index (χ1v) is 8.02. The minimum Gasteiger partial charge on any atom is -0.381 e. The van der Waals surface area contributed by atoms with Crippen LogP contribution >= 0.6 is 0 Å². The van der Waals surface area contributed by atoms with Gasteiger partial charge in [-0.25, -0.2) is 14.4 Å². The van der Waals surface area contributed by atoms with Crippen molar-refractivity contribution >= 4 is 11.5 Å². The quantitative estimate of drug-likeness (QED) is 0.604. The molecule has 0 saturated carbocycles. The third-order valence-corrected chi connectivity index (χ3v) is 4.30. The number of aryl methyl sites for hydroxylation is 2. The fraction of sp³-hybridized carbons (Fsp3) is 0.105. The molecule has 3 aromatic heterocycles. The minimum atomic E-state index is -0.365. The number of anilines is 1. The highest BCUT2D eigenvalue weighted by Gasteiger charge is 2.18. The lowest BCUT2D eigenvalue weighted by atomic mass is 10.0. The Balaban J connectivity index is 2.13. The summed E-state index contributed by atoms with van der Waals surface area (Å²) < 4.78 is 17.1. The van der Waals surface area contributed by atoms with Crippen molar-refractivity contribution in [3.05, 3.63) is 70.7 Å².